The van der Waals surface area contributed by atoms with Gasteiger partial charge in [0.25, 0.3) is 5.91 Å². The fraction of sp³-hybridized carbons (Fsp3) is 0.290. The molecule has 5 rings (SSSR count). The maximum absolute atomic E-state index is 13.8. The van der Waals surface area contributed by atoms with Crippen LogP contribution in [0.5, 0.6) is 0 Å². The standard InChI is InChI=1S/C31H33N3O4S/c1-24-11-8-9-17-29(24)30(35)33(22-28-16-10-18-38-28)21-27-19-32-31(34(27)20-25-12-4-2-5-13-25)39(36,37)23-26-14-6-3-7-15-26/h2-9,11-15,17,19,28H,10,16,18,20-23H2,1H3/t28-/m1/s1. The van der Waals surface area contributed by atoms with Gasteiger partial charge < -0.3 is 14.2 Å². The minimum Gasteiger partial charge on any atom is -0.376 e. The summed E-state index contributed by atoms with van der Waals surface area (Å²) >= 11 is 0. The number of carbonyl (C=O) groups is 1. The Balaban J connectivity index is 1.52. The normalized spacial score (nSPS) is 15.4. The predicted molar refractivity (Wildman–Crippen MR) is 150 cm³/mol. The van der Waals surface area contributed by atoms with Gasteiger partial charge >= 0.3 is 0 Å². The maximum Gasteiger partial charge on any atom is 0.254 e. The van der Waals surface area contributed by atoms with Crippen LogP contribution in [0.15, 0.2) is 96.3 Å². The lowest BCUT2D eigenvalue weighted by Gasteiger charge is -2.27. The van der Waals surface area contributed by atoms with E-state index in [9.17, 15) is 13.2 Å². The van der Waals surface area contributed by atoms with E-state index in [-0.39, 0.29) is 29.5 Å². The lowest BCUT2D eigenvalue weighted by Crippen LogP contribution is -2.38. The van der Waals surface area contributed by atoms with Gasteiger partial charge in [-0.1, -0.05) is 78.9 Å². The average Bonchev–Trinajstić information content (AvgIpc) is 3.60. The molecule has 0 radical (unpaired) electrons. The van der Waals surface area contributed by atoms with Crippen LogP contribution < -0.4 is 0 Å². The van der Waals surface area contributed by atoms with Gasteiger partial charge in [0.15, 0.2) is 0 Å². The van der Waals surface area contributed by atoms with E-state index in [2.05, 4.69) is 4.98 Å². The molecule has 1 saturated heterocycles. The molecule has 1 atom stereocenters. The summed E-state index contributed by atoms with van der Waals surface area (Å²) in [6.07, 6.45) is 3.39. The number of hydrogen-bond donors (Lipinski definition) is 0. The molecule has 39 heavy (non-hydrogen) atoms. The van der Waals surface area contributed by atoms with E-state index < -0.39 is 9.84 Å². The highest BCUT2D eigenvalue weighted by molar-refractivity contribution is 7.90. The van der Waals surface area contributed by atoms with E-state index in [4.69, 9.17) is 4.74 Å². The molecular formula is C31H33N3O4S. The molecule has 4 aromatic rings. The van der Waals surface area contributed by atoms with Gasteiger partial charge in [-0.15, -0.1) is 0 Å². The van der Waals surface area contributed by atoms with Crippen molar-refractivity contribution < 1.29 is 17.9 Å². The summed E-state index contributed by atoms with van der Waals surface area (Å²) in [5.41, 5.74) is 3.82. The number of aryl methyl sites for hydroxylation is 1. The average molecular weight is 544 g/mol. The molecule has 1 aliphatic heterocycles. The molecule has 0 N–H and O–H groups in total. The summed E-state index contributed by atoms with van der Waals surface area (Å²) < 4.78 is 34.8. The molecular weight excluding hydrogens is 510 g/mol. The van der Waals surface area contributed by atoms with E-state index in [1.54, 1.807) is 27.8 Å². The van der Waals surface area contributed by atoms with Crippen molar-refractivity contribution >= 4 is 15.7 Å². The summed E-state index contributed by atoms with van der Waals surface area (Å²) in [4.78, 5) is 20.0. The number of nitrogens with zero attached hydrogens (tertiary/aromatic N) is 3. The number of amides is 1. The maximum atomic E-state index is 13.8. The molecule has 3 aromatic carbocycles. The summed E-state index contributed by atoms with van der Waals surface area (Å²) in [7, 11) is -3.76. The highest BCUT2D eigenvalue weighted by Gasteiger charge is 2.28. The number of imidazole rings is 1. The fourth-order valence-electron chi connectivity index (χ4n) is 4.99. The van der Waals surface area contributed by atoms with Crippen molar-refractivity contribution in [3.63, 3.8) is 0 Å². The summed E-state index contributed by atoms with van der Waals surface area (Å²) in [5, 5.41) is 0.00520. The molecule has 0 aliphatic carbocycles. The minimum atomic E-state index is -3.76. The van der Waals surface area contributed by atoms with Crippen LogP contribution in [0.4, 0.5) is 0 Å². The first-order valence-electron chi connectivity index (χ1n) is 13.2. The first-order chi connectivity index (χ1) is 18.9. The van der Waals surface area contributed by atoms with Gasteiger partial charge in [-0.3, -0.25) is 4.79 Å². The van der Waals surface area contributed by atoms with Gasteiger partial charge in [-0.2, -0.15) is 0 Å². The van der Waals surface area contributed by atoms with Crippen molar-refractivity contribution in [2.75, 3.05) is 13.2 Å². The van der Waals surface area contributed by atoms with Gasteiger partial charge in [0.05, 0.1) is 36.8 Å². The third-order valence-electron chi connectivity index (χ3n) is 7.03. The first kappa shape index (κ1) is 26.8. The number of benzene rings is 3. The minimum absolute atomic E-state index is 0.00520. The molecule has 0 spiro atoms. The largest absolute Gasteiger partial charge is 0.376 e. The third-order valence-corrected chi connectivity index (χ3v) is 8.62. The van der Waals surface area contributed by atoms with Gasteiger partial charge in [0.2, 0.25) is 15.0 Å². The zero-order valence-corrected chi connectivity index (χ0v) is 22.9. The van der Waals surface area contributed by atoms with Gasteiger partial charge in [-0.25, -0.2) is 13.4 Å². The number of rotatable bonds is 10. The Hall–Kier alpha value is -3.75. The van der Waals surface area contributed by atoms with E-state index in [0.717, 1.165) is 24.0 Å². The Bertz CT molecular complexity index is 1510. The quantitative estimate of drug-likeness (QED) is 0.280. The monoisotopic (exact) mass is 543 g/mol. The highest BCUT2D eigenvalue weighted by Crippen LogP contribution is 2.23. The van der Waals surface area contributed by atoms with Gasteiger partial charge in [0.1, 0.15) is 0 Å². The van der Waals surface area contributed by atoms with Crippen LogP contribution in [-0.4, -0.2) is 48.0 Å². The van der Waals surface area contributed by atoms with E-state index in [0.29, 0.717) is 36.5 Å². The Morgan fingerprint density at radius 2 is 1.64 bits per heavy atom. The van der Waals surface area contributed by atoms with E-state index >= 15 is 0 Å². The molecule has 2 heterocycles. The molecule has 8 heteroatoms. The number of hydrogen-bond acceptors (Lipinski definition) is 5. The smallest absolute Gasteiger partial charge is 0.254 e. The molecule has 0 saturated carbocycles. The Labute approximate surface area is 230 Å². The Morgan fingerprint density at radius 3 is 2.31 bits per heavy atom. The van der Waals surface area contributed by atoms with Gasteiger partial charge in [-0.05, 0) is 42.5 Å². The molecule has 7 nitrogen and oxygen atoms in total. The number of aromatic nitrogens is 2. The number of sulfone groups is 1. The molecule has 202 valence electrons. The Morgan fingerprint density at radius 1 is 0.974 bits per heavy atom. The van der Waals surface area contributed by atoms with Crippen LogP contribution in [0.2, 0.25) is 0 Å². The predicted octanol–water partition coefficient (Wildman–Crippen LogP) is 5.04. The lowest BCUT2D eigenvalue weighted by atomic mass is 10.1. The van der Waals surface area contributed by atoms with Crippen LogP contribution in [0.25, 0.3) is 0 Å². The van der Waals surface area contributed by atoms with Crippen molar-refractivity contribution in [3.8, 4) is 0 Å². The molecule has 0 bridgehead atoms. The molecule has 1 aliphatic rings. The zero-order valence-electron chi connectivity index (χ0n) is 22.1. The summed E-state index contributed by atoms with van der Waals surface area (Å²) in [6.45, 7) is 3.58. The van der Waals surface area contributed by atoms with Crippen LogP contribution in [0, 0.1) is 6.92 Å². The second kappa shape index (κ2) is 12.0. The topological polar surface area (TPSA) is 81.5 Å². The van der Waals surface area contributed by atoms with Crippen molar-refractivity contribution in [1.29, 1.82) is 0 Å². The highest BCUT2D eigenvalue weighted by atomic mass is 32.2. The number of ether oxygens (including phenoxy) is 1. The van der Waals surface area contributed by atoms with Crippen molar-refractivity contribution in [2.24, 2.45) is 0 Å². The second-order valence-corrected chi connectivity index (χ2v) is 11.9. The number of carbonyl (C=O) groups excluding carboxylic acids is 1. The van der Waals surface area contributed by atoms with Crippen LogP contribution in [0.3, 0.4) is 0 Å². The fourth-order valence-corrected chi connectivity index (χ4v) is 6.48. The molecule has 1 fully saturated rings. The lowest BCUT2D eigenvalue weighted by molar-refractivity contribution is 0.0501. The van der Waals surface area contributed by atoms with Crippen molar-refractivity contribution in [3.05, 3.63) is 119 Å². The Kier molecular flexibility index (Phi) is 8.24. The summed E-state index contributed by atoms with van der Waals surface area (Å²) in [5.74, 6) is -0.259. The van der Waals surface area contributed by atoms with Crippen molar-refractivity contribution in [1.82, 2.24) is 14.5 Å². The zero-order chi connectivity index (χ0) is 27.2. The SMILES string of the molecule is Cc1ccccc1C(=O)N(Cc1cnc(S(=O)(=O)Cc2ccccc2)n1Cc1ccccc1)C[C@H]1CCCO1. The first-order valence-corrected chi connectivity index (χ1v) is 14.9. The molecule has 1 amide bonds. The second-order valence-electron chi connectivity index (χ2n) is 9.98. The van der Waals surface area contributed by atoms with Crippen LogP contribution in [-0.2, 0) is 33.4 Å². The van der Waals surface area contributed by atoms with E-state index in [1.165, 1.54) is 0 Å². The van der Waals surface area contributed by atoms with E-state index in [1.807, 2.05) is 79.7 Å². The molecule has 0 unspecified atom stereocenters. The van der Waals surface area contributed by atoms with Gasteiger partial charge in [0, 0.05) is 18.7 Å². The van der Waals surface area contributed by atoms with Crippen LogP contribution >= 0.6 is 0 Å². The van der Waals surface area contributed by atoms with Crippen molar-refractivity contribution in [2.45, 2.75) is 49.9 Å². The van der Waals surface area contributed by atoms with Crippen LogP contribution in [0.1, 0.15) is 45.6 Å². The third kappa shape index (κ3) is 6.46. The summed E-state index contributed by atoms with van der Waals surface area (Å²) in [6, 6.07) is 26.3. The molecule has 1 aromatic heterocycles.